The predicted molar refractivity (Wildman–Crippen MR) is 77.8 cm³/mol. The Hall–Kier alpha value is -2.00. The number of methoxy groups -OCH3 is 1. The molecule has 0 radical (unpaired) electrons. The third-order valence-electron chi connectivity index (χ3n) is 3.37. The van der Waals surface area contributed by atoms with E-state index in [1.165, 1.54) is 5.39 Å². The molecule has 98 valence electrons. The van der Waals surface area contributed by atoms with Crippen molar-refractivity contribution < 1.29 is 9.47 Å². The molecule has 1 aromatic heterocycles. The van der Waals surface area contributed by atoms with Crippen LogP contribution in [-0.4, -0.2) is 24.8 Å². The third kappa shape index (κ3) is 2.17. The zero-order chi connectivity index (χ0) is 13.2. The molecule has 3 heteroatoms. The largest absolute Gasteiger partial charge is 0.490 e. The number of aromatic amines is 1. The monoisotopic (exact) mass is 255 g/mol. The number of fused-ring (bicyclic) bond motifs is 3. The Balaban J connectivity index is 2.08. The van der Waals surface area contributed by atoms with Crippen LogP contribution in [0.15, 0.2) is 42.5 Å². The molecule has 3 nitrogen and oxygen atoms in total. The lowest BCUT2D eigenvalue weighted by Crippen LogP contribution is -2.15. The smallest absolute Gasteiger partial charge is 0.129 e. The first-order valence-corrected chi connectivity index (χ1v) is 6.44. The lowest BCUT2D eigenvalue weighted by molar-refractivity contribution is 0.0722. The number of benzene rings is 2. The van der Waals surface area contributed by atoms with Crippen LogP contribution in [0, 0.1) is 0 Å². The molecule has 0 saturated carbocycles. The molecule has 0 spiro atoms. The van der Waals surface area contributed by atoms with Crippen molar-refractivity contribution >= 4 is 21.8 Å². The van der Waals surface area contributed by atoms with Gasteiger partial charge < -0.3 is 14.5 Å². The van der Waals surface area contributed by atoms with Crippen molar-refractivity contribution in [2.75, 3.05) is 13.7 Å². The van der Waals surface area contributed by atoms with E-state index < -0.39 is 0 Å². The maximum atomic E-state index is 5.89. The van der Waals surface area contributed by atoms with Gasteiger partial charge in [-0.1, -0.05) is 24.3 Å². The molecular formula is C16H17NO2. The summed E-state index contributed by atoms with van der Waals surface area (Å²) in [5.74, 6) is 0.902. The van der Waals surface area contributed by atoms with E-state index in [2.05, 4.69) is 23.2 Å². The van der Waals surface area contributed by atoms with E-state index in [1.54, 1.807) is 7.11 Å². The molecule has 0 bridgehead atoms. The minimum atomic E-state index is 0.0838. The Morgan fingerprint density at radius 3 is 2.68 bits per heavy atom. The van der Waals surface area contributed by atoms with E-state index in [-0.39, 0.29) is 6.10 Å². The van der Waals surface area contributed by atoms with E-state index in [0.29, 0.717) is 6.61 Å². The number of nitrogens with one attached hydrogen (secondary N) is 1. The van der Waals surface area contributed by atoms with Crippen LogP contribution in [0.5, 0.6) is 5.75 Å². The zero-order valence-electron chi connectivity index (χ0n) is 11.1. The Bertz CT molecular complexity index is 702. The van der Waals surface area contributed by atoms with Crippen molar-refractivity contribution in [3.63, 3.8) is 0 Å². The van der Waals surface area contributed by atoms with Gasteiger partial charge in [-0.3, -0.25) is 0 Å². The van der Waals surface area contributed by atoms with E-state index in [1.807, 2.05) is 31.2 Å². The van der Waals surface area contributed by atoms with Gasteiger partial charge in [0.25, 0.3) is 0 Å². The second-order valence-corrected chi connectivity index (χ2v) is 4.71. The molecule has 0 aliphatic heterocycles. The molecule has 0 amide bonds. The standard InChI is InChI=1S/C16H17NO2/c1-11(18-2)10-19-15-9-5-8-14-16(15)12-6-3-4-7-13(12)17-14/h3-9,11,17H,10H2,1-2H3. The summed E-state index contributed by atoms with van der Waals surface area (Å²) in [7, 11) is 1.69. The van der Waals surface area contributed by atoms with Crippen molar-refractivity contribution in [2.24, 2.45) is 0 Å². The minimum absolute atomic E-state index is 0.0838. The van der Waals surface area contributed by atoms with Crippen LogP contribution in [0.2, 0.25) is 0 Å². The molecule has 0 fully saturated rings. The SMILES string of the molecule is COC(C)COc1cccc2[nH]c3ccccc3c12. The van der Waals surface area contributed by atoms with E-state index >= 15 is 0 Å². The van der Waals surface area contributed by atoms with Crippen molar-refractivity contribution in [2.45, 2.75) is 13.0 Å². The summed E-state index contributed by atoms with van der Waals surface area (Å²) in [5, 5.41) is 2.33. The predicted octanol–water partition coefficient (Wildman–Crippen LogP) is 3.73. The van der Waals surface area contributed by atoms with Gasteiger partial charge in [0.05, 0.1) is 11.6 Å². The van der Waals surface area contributed by atoms with Gasteiger partial charge in [-0.05, 0) is 25.1 Å². The molecular weight excluding hydrogens is 238 g/mol. The molecule has 0 saturated heterocycles. The molecule has 0 aliphatic carbocycles. The molecule has 3 aromatic rings. The number of H-pyrrole nitrogens is 1. The summed E-state index contributed by atoms with van der Waals surface area (Å²) in [5.41, 5.74) is 2.23. The molecule has 3 rings (SSSR count). The summed E-state index contributed by atoms with van der Waals surface area (Å²) in [4.78, 5) is 3.41. The minimum Gasteiger partial charge on any atom is -0.490 e. The Labute approximate surface area is 112 Å². The number of ether oxygens (including phenoxy) is 2. The maximum absolute atomic E-state index is 5.89. The van der Waals surface area contributed by atoms with Crippen molar-refractivity contribution in [3.8, 4) is 5.75 Å². The molecule has 1 unspecified atom stereocenters. The first-order valence-electron chi connectivity index (χ1n) is 6.44. The fraction of sp³-hybridized carbons (Fsp3) is 0.250. The summed E-state index contributed by atoms with van der Waals surface area (Å²) in [6, 6.07) is 14.4. The maximum Gasteiger partial charge on any atom is 0.129 e. The highest BCUT2D eigenvalue weighted by Crippen LogP contribution is 2.32. The van der Waals surface area contributed by atoms with E-state index in [9.17, 15) is 0 Å². The van der Waals surface area contributed by atoms with Crippen LogP contribution in [0.4, 0.5) is 0 Å². The molecule has 1 heterocycles. The van der Waals surface area contributed by atoms with Crippen LogP contribution in [0.3, 0.4) is 0 Å². The summed E-state index contributed by atoms with van der Waals surface area (Å²) >= 11 is 0. The number of para-hydroxylation sites is 1. The fourth-order valence-electron chi connectivity index (χ4n) is 2.26. The molecule has 1 N–H and O–H groups in total. The van der Waals surface area contributed by atoms with E-state index in [4.69, 9.17) is 9.47 Å². The number of aromatic nitrogens is 1. The number of hydrogen-bond donors (Lipinski definition) is 1. The lowest BCUT2D eigenvalue weighted by atomic mass is 10.1. The first-order chi connectivity index (χ1) is 9.29. The van der Waals surface area contributed by atoms with Crippen LogP contribution in [-0.2, 0) is 4.74 Å². The van der Waals surface area contributed by atoms with Gasteiger partial charge in [0.15, 0.2) is 0 Å². The molecule has 0 aliphatic rings. The summed E-state index contributed by atoms with van der Waals surface area (Å²) in [6.07, 6.45) is 0.0838. The molecule has 2 aromatic carbocycles. The second kappa shape index (κ2) is 4.94. The summed E-state index contributed by atoms with van der Waals surface area (Å²) < 4.78 is 11.1. The van der Waals surface area contributed by atoms with Gasteiger partial charge in [-0.15, -0.1) is 0 Å². The lowest BCUT2D eigenvalue weighted by Gasteiger charge is -2.12. The average Bonchev–Trinajstić information content (AvgIpc) is 2.83. The quantitative estimate of drug-likeness (QED) is 0.770. The number of rotatable bonds is 4. The van der Waals surface area contributed by atoms with Gasteiger partial charge in [0.2, 0.25) is 0 Å². The Morgan fingerprint density at radius 1 is 1.05 bits per heavy atom. The van der Waals surface area contributed by atoms with Crippen molar-refractivity contribution in [3.05, 3.63) is 42.5 Å². The van der Waals surface area contributed by atoms with Gasteiger partial charge in [0, 0.05) is 23.4 Å². The second-order valence-electron chi connectivity index (χ2n) is 4.71. The van der Waals surface area contributed by atoms with Crippen LogP contribution < -0.4 is 4.74 Å². The van der Waals surface area contributed by atoms with Gasteiger partial charge in [-0.2, -0.15) is 0 Å². The van der Waals surface area contributed by atoms with Crippen LogP contribution in [0.25, 0.3) is 21.8 Å². The highest BCUT2D eigenvalue weighted by Gasteiger charge is 2.10. The highest BCUT2D eigenvalue weighted by molar-refractivity contribution is 6.10. The fourth-order valence-corrected chi connectivity index (χ4v) is 2.26. The average molecular weight is 255 g/mol. The van der Waals surface area contributed by atoms with Crippen molar-refractivity contribution in [1.29, 1.82) is 0 Å². The van der Waals surface area contributed by atoms with Crippen LogP contribution in [0.1, 0.15) is 6.92 Å². The van der Waals surface area contributed by atoms with Crippen molar-refractivity contribution in [1.82, 2.24) is 4.98 Å². The highest BCUT2D eigenvalue weighted by atomic mass is 16.5. The topological polar surface area (TPSA) is 34.2 Å². The molecule has 19 heavy (non-hydrogen) atoms. The summed E-state index contributed by atoms with van der Waals surface area (Å²) in [6.45, 7) is 2.55. The van der Waals surface area contributed by atoms with Gasteiger partial charge in [-0.25, -0.2) is 0 Å². The normalized spacial score (nSPS) is 12.9. The first kappa shape index (κ1) is 12.1. The third-order valence-corrected chi connectivity index (χ3v) is 3.37. The van der Waals surface area contributed by atoms with Gasteiger partial charge >= 0.3 is 0 Å². The van der Waals surface area contributed by atoms with E-state index in [0.717, 1.165) is 22.2 Å². The molecule has 1 atom stereocenters. The Morgan fingerprint density at radius 2 is 1.84 bits per heavy atom. The van der Waals surface area contributed by atoms with Gasteiger partial charge in [0.1, 0.15) is 12.4 Å². The number of hydrogen-bond acceptors (Lipinski definition) is 2. The van der Waals surface area contributed by atoms with Crippen LogP contribution >= 0.6 is 0 Å². The Kier molecular flexibility index (Phi) is 3.13. The zero-order valence-corrected chi connectivity index (χ0v) is 11.1.